The van der Waals surface area contributed by atoms with Gasteiger partial charge in [0.2, 0.25) is 0 Å². The minimum atomic E-state index is -2.61. The van der Waals surface area contributed by atoms with E-state index in [9.17, 15) is 8.78 Å². The maximum atomic E-state index is 12.0. The number of hydrogen-bond acceptors (Lipinski definition) is 2. The van der Waals surface area contributed by atoms with Gasteiger partial charge in [0.25, 0.3) is 6.43 Å². The average molecular weight is 165 g/mol. The highest BCUT2D eigenvalue weighted by atomic mass is 19.3. The zero-order valence-corrected chi connectivity index (χ0v) is 6.72. The van der Waals surface area contributed by atoms with E-state index in [1.807, 2.05) is 18.7 Å². The van der Waals surface area contributed by atoms with Crippen LogP contribution < -0.4 is 0 Å². The Labute approximate surface area is 64.8 Å². The number of rotatable bonds is 2. The van der Waals surface area contributed by atoms with Gasteiger partial charge in [0, 0.05) is 19.1 Å². The SMILES string of the molecule is CC(C)N1CC(O)(C(F)F)C1. The van der Waals surface area contributed by atoms with E-state index >= 15 is 0 Å². The van der Waals surface area contributed by atoms with Crippen LogP contribution in [0.25, 0.3) is 0 Å². The molecule has 0 aliphatic carbocycles. The highest BCUT2D eigenvalue weighted by Crippen LogP contribution is 2.28. The Morgan fingerprint density at radius 2 is 1.82 bits per heavy atom. The largest absolute Gasteiger partial charge is 0.381 e. The van der Waals surface area contributed by atoms with Gasteiger partial charge in [0.05, 0.1) is 0 Å². The van der Waals surface area contributed by atoms with Crippen LogP contribution in [0.5, 0.6) is 0 Å². The summed E-state index contributed by atoms with van der Waals surface area (Å²) in [5.41, 5.74) is -1.73. The fourth-order valence-corrected chi connectivity index (χ4v) is 1.16. The smallest absolute Gasteiger partial charge is 0.269 e. The third kappa shape index (κ3) is 1.51. The summed E-state index contributed by atoms with van der Waals surface area (Å²) in [5.74, 6) is 0. The van der Waals surface area contributed by atoms with E-state index < -0.39 is 12.0 Å². The first-order valence-electron chi connectivity index (χ1n) is 3.70. The lowest BCUT2D eigenvalue weighted by atomic mass is 9.93. The molecule has 0 aromatic rings. The molecule has 1 saturated heterocycles. The molecule has 66 valence electrons. The first kappa shape index (κ1) is 8.87. The number of likely N-dealkylation sites (tertiary alicyclic amines) is 1. The summed E-state index contributed by atoms with van der Waals surface area (Å²) in [6.45, 7) is 4.04. The van der Waals surface area contributed by atoms with Crippen LogP contribution in [-0.2, 0) is 0 Å². The monoisotopic (exact) mass is 165 g/mol. The van der Waals surface area contributed by atoms with E-state index in [0.717, 1.165) is 0 Å². The van der Waals surface area contributed by atoms with Gasteiger partial charge in [-0.3, -0.25) is 4.90 Å². The number of β-amino-alcohol motifs (C(OH)–C–C–N with tert-alkyl or cyclic N) is 1. The second kappa shape index (κ2) is 2.68. The van der Waals surface area contributed by atoms with Crippen LogP contribution in [0.3, 0.4) is 0 Å². The van der Waals surface area contributed by atoms with Crippen molar-refractivity contribution in [3.63, 3.8) is 0 Å². The Morgan fingerprint density at radius 3 is 2.09 bits per heavy atom. The van der Waals surface area contributed by atoms with Crippen molar-refractivity contribution in [2.24, 2.45) is 0 Å². The third-order valence-electron chi connectivity index (χ3n) is 2.09. The van der Waals surface area contributed by atoms with E-state index in [2.05, 4.69) is 0 Å². The summed E-state index contributed by atoms with van der Waals surface area (Å²) in [5, 5.41) is 9.11. The Morgan fingerprint density at radius 1 is 1.36 bits per heavy atom. The lowest BCUT2D eigenvalue weighted by Crippen LogP contribution is -2.67. The molecular formula is C7H13F2NO. The predicted octanol–water partition coefficient (Wildman–Crippen LogP) is 0.707. The van der Waals surface area contributed by atoms with Gasteiger partial charge in [-0.05, 0) is 13.8 Å². The molecule has 4 heteroatoms. The van der Waals surface area contributed by atoms with E-state index in [1.54, 1.807) is 0 Å². The molecule has 1 fully saturated rings. The Balaban J connectivity index is 2.38. The van der Waals surface area contributed by atoms with Crippen LogP contribution in [-0.4, -0.2) is 41.2 Å². The van der Waals surface area contributed by atoms with Crippen LogP contribution in [0.2, 0.25) is 0 Å². The summed E-state index contributed by atoms with van der Waals surface area (Å²) >= 11 is 0. The van der Waals surface area contributed by atoms with Gasteiger partial charge in [-0.2, -0.15) is 0 Å². The number of aliphatic hydroxyl groups is 1. The van der Waals surface area contributed by atoms with E-state index in [0.29, 0.717) is 0 Å². The normalized spacial score (nSPS) is 24.3. The van der Waals surface area contributed by atoms with Crippen LogP contribution in [0, 0.1) is 0 Å². The van der Waals surface area contributed by atoms with Crippen molar-refractivity contribution >= 4 is 0 Å². The number of halogens is 2. The molecule has 2 nitrogen and oxygen atoms in total. The van der Waals surface area contributed by atoms with E-state index in [1.165, 1.54) is 0 Å². The fourth-order valence-electron chi connectivity index (χ4n) is 1.16. The lowest BCUT2D eigenvalue weighted by Gasteiger charge is -2.47. The van der Waals surface area contributed by atoms with Gasteiger partial charge in [0.15, 0.2) is 5.60 Å². The van der Waals surface area contributed by atoms with E-state index in [-0.39, 0.29) is 19.1 Å². The maximum absolute atomic E-state index is 12.0. The van der Waals surface area contributed by atoms with Crippen LogP contribution in [0.15, 0.2) is 0 Å². The Hall–Kier alpha value is -0.220. The molecule has 1 heterocycles. The Bertz CT molecular complexity index is 143. The molecule has 11 heavy (non-hydrogen) atoms. The highest BCUT2D eigenvalue weighted by molar-refractivity contribution is 4.98. The van der Waals surface area contributed by atoms with Crippen LogP contribution in [0.1, 0.15) is 13.8 Å². The molecular weight excluding hydrogens is 152 g/mol. The summed E-state index contributed by atoms with van der Waals surface area (Å²) in [6.07, 6.45) is -2.61. The van der Waals surface area contributed by atoms with Crippen molar-refractivity contribution in [2.75, 3.05) is 13.1 Å². The first-order chi connectivity index (χ1) is 4.96. The minimum absolute atomic E-state index is 0.0995. The lowest BCUT2D eigenvalue weighted by molar-refractivity contribution is -0.186. The maximum Gasteiger partial charge on any atom is 0.269 e. The minimum Gasteiger partial charge on any atom is -0.381 e. The quantitative estimate of drug-likeness (QED) is 0.651. The number of alkyl halides is 2. The molecule has 0 atom stereocenters. The highest BCUT2D eigenvalue weighted by Gasteiger charge is 2.49. The summed E-state index contributed by atoms with van der Waals surface area (Å²) in [7, 11) is 0. The van der Waals surface area contributed by atoms with Crippen molar-refractivity contribution in [3.8, 4) is 0 Å². The predicted molar refractivity (Wildman–Crippen MR) is 37.7 cm³/mol. The topological polar surface area (TPSA) is 23.5 Å². The van der Waals surface area contributed by atoms with Crippen molar-refractivity contribution < 1.29 is 13.9 Å². The van der Waals surface area contributed by atoms with Gasteiger partial charge in [-0.25, -0.2) is 8.78 Å². The third-order valence-corrected chi connectivity index (χ3v) is 2.09. The molecule has 0 amide bonds. The molecule has 1 aliphatic rings. The second-order valence-corrected chi connectivity index (χ2v) is 3.40. The van der Waals surface area contributed by atoms with Crippen LogP contribution in [0.4, 0.5) is 8.78 Å². The average Bonchev–Trinajstić information content (AvgIpc) is 1.79. The molecule has 0 radical (unpaired) electrons. The molecule has 0 aromatic carbocycles. The van der Waals surface area contributed by atoms with Crippen molar-refractivity contribution in [1.82, 2.24) is 4.90 Å². The van der Waals surface area contributed by atoms with Gasteiger partial charge >= 0.3 is 0 Å². The molecule has 1 aliphatic heterocycles. The first-order valence-corrected chi connectivity index (χ1v) is 3.70. The number of hydrogen-bond donors (Lipinski definition) is 1. The standard InChI is InChI=1S/C7H13F2NO/c1-5(2)10-3-7(11,4-10)6(8)9/h5-6,11H,3-4H2,1-2H3. The Kier molecular flexibility index (Phi) is 2.16. The molecule has 0 aromatic heterocycles. The summed E-state index contributed by atoms with van der Waals surface area (Å²) < 4.78 is 24.0. The van der Waals surface area contributed by atoms with E-state index in [4.69, 9.17) is 5.11 Å². The van der Waals surface area contributed by atoms with Crippen molar-refractivity contribution in [3.05, 3.63) is 0 Å². The summed E-state index contributed by atoms with van der Waals surface area (Å²) in [6, 6.07) is 0.244. The molecule has 0 saturated carbocycles. The zero-order valence-electron chi connectivity index (χ0n) is 6.72. The van der Waals surface area contributed by atoms with Gasteiger partial charge in [-0.1, -0.05) is 0 Å². The van der Waals surface area contributed by atoms with Gasteiger partial charge in [-0.15, -0.1) is 0 Å². The fraction of sp³-hybridized carbons (Fsp3) is 1.00. The molecule has 1 rings (SSSR count). The van der Waals surface area contributed by atoms with Crippen molar-refractivity contribution in [2.45, 2.75) is 31.9 Å². The van der Waals surface area contributed by atoms with Crippen molar-refractivity contribution in [1.29, 1.82) is 0 Å². The van der Waals surface area contributed by atoms with Gasteiger partial charge < -0.3 is 5.11 Å². The summed E-state index contributed by atoms with van der Waals surface area (Å²) in [4.78, 5) is 1.81. The molecule has 0 unspecified atom stereocenters. The number of nitrogens with zero attached hydrogens (tertiary/aromatic N) is 1. The van der Waals surface area contributed by atoms with Crippen LogP contribution >= 0.6 is 0 Å². The molecule has 0 spiro atoms. The zero-order chi connectivity index (χ0) is 8.65. The van der Waals surface area contributed by atoms with Gasteiger partial charge in [0.1, 0.15) is 0 Å². The molecule has 1 N–H and O–H groups in total. The molecule has 0 bridgehead atoms. The second-order valence-electron chi connectivity index (χ2n) is 3.40.